The Hall–Kier alpha value is -3.55. The van der Waals surface area contributed by atoms with Crippen molar-refractivity contribution in [1.29, 1.82) is 5.26 Å². The molecule has 2 aromatic carbocycles. The van der Waals surface area contributed by atoms with Crippen LogP contribution in [0.1, 0.15) is 23.5 Å². The lowest BCUT2D eigenvalue weighted by Crippen LogP contribution is -2.48. The Bertz CT molecular complexity index is 1210. The normalized spacial score (nSPS) is 21.3. The van der Waals surface area contributed by atoms with Gasteiger partial charge in [-0.05, 0) is 29.8 Å². The average molecular weight is 499 g/mol. The third-order valence-electron chi connectivity index (χ3n) is 6.25. The first-order valence-electron chi connectivity index (χ1n) is 10.7. The topological polar surface area (TPSA) is 110 Å². The zero-order chi connectivity index (χ0) is 25.3. The number of ether oxygens (including phenoxy) is 5. The van der Waals surface area contributed by atoms with Crippen LogP contribution in [0.5, 0.6) is 28.7 Å². The fraction of sp³-hybridized carbons (Fsp3) is 0.360. The van der Waals surface area contributed by atoms with Crippen molar-refractivity contribution >= 4 is 17.7 Å². The molecule has 0 aliphatic carbocycles. The smallest absolute Gasteiger partial charge is 0.231 e. The zero-order valence-corrected chi connectivity index (χ0v) is 20.9. The number of aliphatic hydroxyl groups is 1. The van der Waals surface area contributed by atoms with Gasteiger partial charge in [0, 0.05) is 17.9 Å². The Morgan fingerprint density at radius 2 is 1.60 bits per heavy atom. The van der Waals surface area contributed by atoms with E-state index in [0.29, 0.717) is 50.5 Å². The molecule has 1 N–H and O–H groups in total. The van der Waals surface area contributed by atoms with Gasteiger partial charge in [0.2, 0.25) is 11.7 Å². The van der Waals surface area contributed by atoms with Gasteiger partial charge in [-0.2, -0.15) is 5.26 Å². The Morgan fingerprint density at radius 1 is 0.971 bits per heavy atom. The number of carbonyl (C=O) groups is 1. The van der Waals surface area contributed by atoms with Crippen LogP contribution in [0.25, 0.3) is 0 Å². The minimum atomic E-state index is -1.64. The van der Waals surface area contributed by atoms with Crippen molar-refractivity contribution < 1.29 is 33.6 Å². The third-order valence-corrected chi connectivity index (χ3v) is 7.47. The molecule has 2 heterocycles. The number of nitrogens with zero attached hydrogens (tertiary/aromatic N) is 2. The maximum absolute atomic E-state index is 13.5. The second kappa shape index (κ2) is 9.60. The van der Waals surface area contributed by atoms with Crippen LogP contribution in [0.2, 0.25) is 0 Å². The molecule has 2 aliphatic heterocycles. The molecule has 1 fully saturated rings. The van der Waals surface area contributed by atoms with Crippen LogP contribution in [0, 0.1) is 11.3 Å². The SMILES string of the molecule is COc1ccc([C@@]2(O)CSC3=C(C#N)[C@H](c4cc(OC)c(OC)c(OC)c4)CC(=O)N32)cc1OC. The molecule has 1 saturated heterocycles. The van der Waals surface area contributed by atoms with Gasteiger partial charge in [0.15, 0.2) is 28.7 Å². The Morgan fingerprint density at radius 3 is 2.14 bits per heavy atom. The maximum Gasteiger partial charge on any atom is 0.231 e. The van der Waals surface area contributed by atoms with Crippen LogP contribution in [-0.4, -0.2) is 57.2 Å². The van der Waals surface area contributed by atoms with Crippen molar-refractivity contribution in [1.82, 2.24) is 4.90 Å². The van der Waals surface area contributed by atoms with Gasteiger partial charge in [0.05, 0.1) is 58.0 Å². The number of hydrogen-bond acceptors (Lipinski definition) is 9. The van der Waals surface area contributed by atoms with Crippen LogP contribution in [0.4, 0.5) is 0 Å². The van der Waals surface area contributed by atoms with Gasteiger partial charge in [0.25, 0.3) is 0 Å². The van der Waals surface area contributed by atoms with Crippen molar-refractivity contribution in [2.75, 3.05) is 41.3 Å². The number of fused-ring (bicyclic) bond motifs is 1. The zero-order valence-electron chi connectivity index (χ0n) is 20.1. The lowest BCUT2D eigenvalue weighted by Gasteiger charge is -2.38. The molecule has 0 unspecified atom stereocenters. The van der Waals surface area contributed by atoms with Crippen LogP contribution < -0.4 is 23.7 Å². The first kappa shape index (κ1) is 24.6. The highest BCUT2D eigenvalue weighted by Gasteiger charge is 2.52. The monoisotopic (exact) mass is 498 g/mol. The predicted octanol–water partition coefficient (Wildman–Crippen LogP) is 3.37. The van der Waals surface area contributed by atoms with E-state index in [0.717, 1.165) is 0 Å². The molecule has 0 radical (unpaired) electrons. The molecule has 1 amide bonds. The summed E-state index contributed by atoms with van der Waals surface area (Å²) >= 11 is 1.27. The molecular weight excluding hydrogens is 472 g/mol. The van der Waals surface area contributed by atoms with Gasteiger partial charge < -0.3 is 28.8 Å². The number of hydrogen-bond donors (Lipinski definition) is 1. The predicted molar refractivity (Wildman–Crippen MR) is 129 cm³/mol. The van der Waals surface area contributed by atoms with Crippen LogP contribution in [0.15, 0.2) is 40.9 Å². The number of thioether (sulfide) groups is 1. The molecule has 2 aliphatic rings. The highest BCUT2D eigenvalue weighted by Crippen LogP contribution is 2.53. The Balaban J connectivity index is 1.81. The molecule has 0 spiro atoms. The number of amides is 1. The average Bonchev–Trinajstić information content (AvgIpc) is 3.26. The minimum absolute atomic E-state index is 0.0127. The molecule has 4 rings (SSSR count). The number of carbonyl (C=O) groups excluding carboxylic acids is 1. The fourth-order valence-corrected chi connectivity index (χ4v) is 5.87. The fourth-order valence-electron chi connectivity index (χ4n) is 4.51. The highest BCUT2D eigenvalue weighted by atomic mass is 32.2. The summed E-state index contributed by atoms with van der Waals surface area (Å²) in [7, 11) is 7.55. The number of nitriles is 1. The van der Waals surface area contributed by atoms with Gasteiger partial charge in [-0.25, -0.2) is 0 Å². The van der Waals surface area contributed by atoms with Crippen LogP contribution in [-0.2, 0) is 10.5 Å². The van der Waals surface area contributed by atoms with E-state index >= 15 is 0 Å². The van der Waals surface area contributed by atoms with Gasteiger partial charge in [0.1, 0.15) is 0 Å². The quantitative estimate of drug-likeness (QED) is 0.614. The van der Waals surface area contributed by atoms with E-state index in [1.54, 1.807) is 30.3 Å². The molecule has 184 valence electrons. The number of rotatable bonds is 7. The van der Waals surface area contributed by atoms with E-state index in [1.807, 2.05) is 0 Å². The van der Waals surface area contributed by atoms with Crippen molar-refractivity contribution in [3.63, 3.8) is 0 Å². The molecule has 35 heavy (non-hydrogen) atoms. The summed E-state index contributed by atoms with van der Waals surface area (Å²) in [6.45, 7) is 0. The summed E-state index contributed by atoms with van der Waals surface area (Å²) in [6.07, 6.45) is -0.0127. The van der Waals surface area contributed by atoms with E-state index in [-0.39, 0.29) is 18.1 Å². The maximum atomic E-state index is 13.5. The minimum Gasteiger partial charge on any atom is -0.493 e. The molecule has 0 saturated carbocycles. The number of allylic oxidation sites excluding steroid dienone is 1. The van der Waals surface area contributed by atoms with E-state index in [4.69, 9.17) is 23.7 Å². The molecule has 9 nitrogen and oxygen atoms in total. The van der Waals surface area contributed by atoms with Gasteiger partial charge in [-0.1, -0.05) is 6.07 Å². The largest absolute Gasteiger partial charge is 0.493 e. The summed E-state index contributed by atoms with van der Waals surface area (Å²) < 4.78 is 27.0. The van der Waals surface area contributed by atoms with Crippen LogP contribution in [0.3, 0.4) is 0 Å². The molecule has 10 heteroatoms. The van der Waals surface area contributed by atoms with Gasteiger partial charge in [-0.3, -0.25) is 9.69 Å². The standard InChI is InChI=1S/C25H26N2O7S/c1-30-18-7-6-15(10-19(18)31-2)25(29)13-35-24-17(12-26)16(11-22(28)27(24)25)14-8-20(32-3)23(34-5)21(9-14)33-4/h6-10,16,29H,11,13H2,1-5H3/t16-,25-/m0/s1. The van der Waals surface area contributed by atoms with E-state index in [9.17, 15) is 15.2 Å². The summed E-state index contributed by atoms with van der Waals surface area (Å²) in [6, 6.07) is 10.8. The first-order chi connectivity index (χ1) is 16.9. The lowest BCUT2D eigenvalue weighted by molar-refractivity contribution is -0.149. The van der Waals surface area contributed by atoms with Crippen LogP contribution >= 0.6 is 11.8 Å². The van der Waals surface area contributed by atoms with E-state index in [1.165, 1.54) is 52.2 Å². The summed E-state index contributed by atoms with van der Waals surface area (Å²) in [4.78, 5) is 14.8. The van der Waals surface area contributed by atoms with Gasteiger partial charge >= 0.3 is 0 Å². The lowest BCUT2D eigenvalue weighted by atomic mass is 9.85. The third kappa shape index (κ3) is 3.90. The molecule has 2 aromatic rings. The Labute approximate surface area is 207 Å². The second-order valence-electron chi connectivity index (χ2n) is 7.95. The van der Waals surface area contributed by atoms with Crippen molar-refractivity contribution in [3.05, 3.63) is 52.1 Å². The Kier molecular flexibility index (Phi) is 6.74. The van der Waals surface area contributed by atoms with E-state index in [2.05, 4.69) is 6.07 Å². The van der Waals surface area contributed by atoms with Crippen molar-refractivity contribution in [2.24, 2.45) is 0 Å². The number of benzene rings is 2. The molecular formula is C25H26N2O7S. The first-order valence-corrected chi connectivity index (χ1v) is 11.7. The second-order valence-corrected chi connectivity index (χ2v) is 8.91. The van der Waals surface area contributed by atoms with Gasteiger partial charge in [-0.15, -0.1) is 11.8 Å². The van der Waals surface area contributed by atoms with E-state index < -0.39 is 11.6 Å². The summed E-state index contributed by atoms with van der Waals surface area (Å²) in [5.41, 5.74) is -0.104. The summed E-state index contributed by atoms with van der Waals surface area (Å²) in [5, 5.41) is 22.3. The highest BCUT2D eigenvalue weighted by molar-refractivity contribution is 8.03. The molecule has 2 atom stereocenters. The van der Waals surface area contributed by atoms with Crippen molar-refractivity contribution in [3.8, 4) is 34.8 Å². The number of methoxy groups -OCH3 is 5. The summed E-state index contributed by atoms with van der Waals surface area (Å²) in [5.74, 6) is 1.54. The van der Waals surface area contributed by atoms with Crippen molar-refractivity contribution in [2.45, 2.75) is 18.1 Å². The molecule has 0 bridgehead atoms. The molecule has 0 aromatic heterocycles.